The number of hydrogen-bond acceptors (Lipinski definition) is 6. The Morgan fingerprint density at radius 3 is 1.51 bits per heavy atom. The maximum atomic E-state index is 12.2. The van der Waals surface area contributed by atoms with Crippen LogP contribution in [0.25, 0.3) is 0 Å². The van der Waals surface area contributed by atoms with Gasteiger partial charge < -0.3 is 21.1 Å². The van der Waals surface area contributed by atoms with Crippen molar-refractivity contribution in [3.8, 4) is 0 Å². The lowest BCUT2D eigenvalue weighted by Crippen LogP contribution is -2.29. The first-order chi connectivity index (χ1) is 22.3. The molecule has 0 aliphatic carbocycles. The van der Waals surface area contributed by atoms with Gasteiger partial charge in [0, 0.05) is 33.6 Å². The van der Waals surface area contributed by atoms with Crippen LogP contribution in [-0.2, 0) is 9.59 Å². The summed E-state index contributed by atoms with van der Waals surface area (Å²) in [6, 6.07) is 27.7. The fourth-order valence-corrected chi connectivity index (χ4v) is 3.98. The molecule has 1 heterocycles. The van der Waals surface area contributed by atoms with Crippen molar-refractivity contribution in [3.63, 3.8) is 0 Å². The third kappa shape index (κ3) is 11.1. The van der Waals surface area contributed by atoms with Crippen LogP contribution in [0.1, 0.15) is 66.4 Å². The van der Waals surface area contributed by atoms with Crippen molar-refractivity contribution >= 4 is 46.9 Å². The molecule has 4 aromatic rings. The summed E-state index contributed by atoms with van der Waals surface area (Å²) in [5.74, 6) is -2.03. The highest BCUT2D eigenvalue weighted by Gasteiger charge is 2.36. The summed E-state index contributed by atoms with van der Waals surface area (Å²) in [7, 11) is 3.20. The summed E-state index contributed by atoms with van der Waals surface area (Å²) in [4.78, 5) is 68.2. The molecular weight excluding hydrogens is 600 g/mol. The van der Waals surface area contributed by atoms with Crippen molar-refractivity contribution in [2.75, 3.05) is 24.3 Å². The fourth-order valence-electron chi connectivity index (χ4n) is 3.98. The maximum absolute atomic E-state index is 12.2. The molecule has 244 valence electrons. The smallest absolute Gasteiger partial charge is 0.336 e. The van der Waals surface area contributed by atoms with E-state index in [4.69, 9.17) is 5.11 Å². The average molecular weight is 639 g/mol. The lowest BCUT2D eigenvalue weighted by Gasteiger charge is -2.14. The number of hydrogen-bond donors (Lipinski definition) is 4. The molecule has 5 amide bonds. The molecule has 0 spiro atoms. The van der Waals surface area contributed by atoms with E-state index in [0.717, 1.165) is 11.1 Å². The number of fused-ring (bicyclic) bond motifs is 1. The minimum Gasteiger partial charge on any atom is -0.478 e. The van der Waals surface area contributed by atoms with Crippen molar-refractivity contribution in [3.05, 3.63) is 130 Å². The molecule has 4 N–H and O–H groups in total. The Balaban J connectivity index is 0.000000255. The number of aromatic carboxylic acids is 1. The largest absolute Gasteiger partial charge is 0.478 e. The summed E-state index contributed by atoms with van der Waals surface area (Å²) in [5, 5.41) is 16.5. The molecule has 0 aromatic heterocycles. The lowest BCUT2D eigenvalue weighted by atomic mass is 10.1. The van der Waals surface area contributed by atoms with Gasteiger partial charge in [0.15, 0.2) is 0 Å². The average Bonchev–Trinajstić information content (AvgIpc) is 3.31. The SMILES string of the molecule is CNC(C)=O.CNC(C)=O.Cc1cccc(N2C(=O)c3ccccc3C2=O)c1.Cc1cccc(NC(=O)c2ccccc2C(=O)O)c1. The number of carbonyl (C=O) groups excluding carboxylic acids is 5. The van der Waals surface area contributed by atoms with Gasteiger partial charge in [0.1, 0.15) is 0 Å². The second-order valence-electron chi connectivity index (χ2n) is 10.1. The Hall–Kier alpha value is -6.10. The topological polar surface area (TPSA) is 162 Å². The number of benzene rings is 4. The van der Waals surface area contributed by atoms with Gasteiger partial charge in [-0.15, -0.1) is 0 Å². The minimum atomic E-state index is -1.12. The van der Waals surface area contributed by atoms with Crippen LogP contribution in [0.2, 0.25) is 0 Å². The first-order valence-electron chi connectivity index (χ1n) is 14.4. The Labute approximate surface area is 273 Å². The molecular formula is C36H38N4O7. The fraction of sp³-hybridized carbons (Fsp3) is 0.167. The molecule has 0 saturated carbocycles. The molecule has 0 bridgehead atoms. The monoisotopic (exact) mass is 638 g/mol. The van der Waals surface area contributed by atoms with E-state index in [0.29, 0.717) is 22.5 Å². The highest BCUT2D eigenvalue weighted by Crippen LogP contribution is 2.28. The molecule has 11 nitrogen and oxygen atoms in total. The highest BCUT2D eigenvalue weighted by molar-refractivity contribution is 6.34. The first kappa shape index (κ1) is 37.1. The van der Waals surface area contributed by atoms with Crippen LogP contribution in [0.15, 0.2) is 97.1 Å². The van der Waals surface area contributed by atoms with Gasteiger partial charge in [0.2, 0.25) is 11.8 Å². The third-order valence-electron chi connectivity index (χ3n) is 6.44. The molecule has 1 aliphatic heterocycles. The number of nitrogens with zero attached hydrogens (tertiary/aromatic N) is 1. The quantitative estimate of drug-likeness (QED) is 0.222. The first-order valence-corrected chi connectivity index (χ1v) is 14.4. The van der Waals surface area contributed by atoms with Gasteiger partial charge in [-0.05, 0) is 73.5 Å². The third-order valence-corrected chi connectivity index (χ3v) is 6.44. The maximum Gasteiger partial charge on any atom is 0.336 e. The molecule has 4 aromatic carbocycles. The molecule has 0 unspecified atom stereocenters. The molecule has 0 saturated heterocycles. The van der Waals surface area contributed by atoms with Gasteiger partial charge >= 0.3 is 5.97 Å². The van der Waals surface area contributed by atoms with E-state index < -0.39 is 11.9 Å². The summed E-state index contributed by atoms with van der Waals surface area (Å²) in [5.41, 5.74) is 4.40. The van der Waals surface area contributed by atoms with Gasteiger partial charge in [-0.1, -0.05) is 48.5 Å². The standard InChI is InChI=1S/C15H13NO3.C15H11NO2.2C3H7NO/c1-10-5-4-6-11(9-10)16-14(17)12-7-2-3-8-13(12)15(18)19;1-10-5-4-6-11(9-10)16-14(17)12-7-2-3-8-13(12)15(16)18;2*1-3(5)4-2/h2-9H,1H3,(H,16,17)(H,18,19);2-9H,1H3;2*1-2H3,(H,4,5). The van der Waals surface area contributed by atoms with Gasteiger partial charge in [-0.25, -0.2) is 9.69 Å². The predicted octanol–water partition coefficient (Wildman–Crippen LogP) is 5.25. The zero-order valence-corrected chi connectivity index (χ0v) is 27.1. The zero-order valence-electron chi connectivity index (χ0n) is 27.1. The summed E-state index contributed by atoms with van der Waals surface area (Å²) in [6.45, 7) is 6.79. The van der Waals surface area contributed by atoms with E-state index in [9.17, 15) is 28.8 Å². The molecule has 47 heavy (non-hydrogen) atoms. The number of rotatable bonds is 4. The Morgan fingerprint density at radius 2 is 1.06 bits per heavy atom. The van der Waals surface area contributed by atoms with E-state index in [1.54, 1.807) is 62.6 Å². The van der Waals surface area contributed by atoms with Crippen molar-refractivity contribution in [1.82, 2.24) is 10.6 Å². The zero-order chi connectivity index (χ0) is 35.1. The second kappa shape index (κ2) is 18.0. The molecule has 0 fully saturated rings. The van der Waals surface area contributed by atoms with Gasteiger partial charge in [-0.3, -0.25) is 24.0 Å². The summed E-state index contributed by atoms with van der Waals surface area (Å²) >= 11 is 0. The molecule has 1 aliphatic rings. The van der Waals surface area contributed by atoms with Crippen LogP contribution in [0.4, 0.5) is 11.4 Å². The van der Waals surface area contributed by atoms with Crippen molar-refractivity contribution in [1.29, 1.82) is 0 Å². The molecule has 0 atom stereocenters. The van der Waals surface area contributed by atoms with Crippen molar-refractivity contribution in [2.24, 2.45) is 0 Å². The van der Waals surface area contributed by atoms with Gasteiger partial charge in [0.05, 0.1) is 27.9 Å². The number of amides is 5. The number of carbonyl (C=O) groups is 6. The number of carboxylic acid groups (broad SMARTS) is 1. The van der Waals surface area contributed by atoms with Gasteiger partial charge in [-0.2, -0.15) is 0 Å². The van der Waals surface area contributed by atoms with E-state index in [1.165, 1.54) is 30.9 Å². The number of aryl methyl sites for hydroxylation is 2. The van der Waals surface area contributed by atoms with E-state index >= 15 is 0 Å². The summed E-state index contributed by atoms with van der Waals surface area (Å²) < 4.78 is 0. The number of carboxylic acids is 1. The van der Waals surface area contributed by atoms with Crippen molar-refractivity contribution in [2.45, 2.75) is 27.7 Å². The summed E-state index contributed by atoms with van der Waals surface area (Å²) in [6.07, 6.45) is 0. The van der Waals surface area contributed by atoms with Crippen LogP contribution < -0.4 is 20.9 Å². The Kier molecular flexibility index (Phi) is 14.2. The van der Waals surface area contributed by atoms with E-state index in [1.807, 2.05) is 50.2 Å². The number of imide groups is 1. The van der Waals surface area contributed by atoms with Crippen LogP contribution in [0.3, 0.4) is 0 Å². The van der Waals surface area contributed by atoms with Crippen LogP contribution in [0, 0.1) is 13.8 Å². The van der Waals surface area contributed by atoms with Crippen LogP contribution in [-0.4, -0.2) is 54.7 Å². The van der Waals surface area contributed by atoms with Crippen LogP contribution >= 0.6 is 0 Å². The Bertz CT molecular complexity index is 1720. The highest BCUT2D eigenvalue weighted by atomic mass is 16.4. The molecule has 5 rings (SSSR count). The van der Waals surface area contributed by atoms with E-state index in [2.05, 4.69) is 16.0 Å². The number of nitrogens with one attached hydrogen (secondary N) is 3. The number of anilines is 2. The second-order valence-corrected chi connectivity index (χ2v) is 10.1. The molecule has 11 heteroatoms. The normalized spacial score (nSPS) is 10.8. The lowest BCUT2D eigenvalue weighted by molar-refractivity contribution is -0.119. The minimum absolute atomic E-state index is 0.00463. The van der Waals surface area contributed by atoms with Gasteiger partial charge in [0.25, 0.3) is 17.7 Å². The van der Waals surface area contributed by atoms with E-state index in [-0.39, 0.29) is 34.8 Å². The van der Waals surface area contributed by atoms with Crippen molar-refractivity contribution < 1.29 is 33.9 Å². The van der Waals surface area contributed by atoms with Crippen LogP contribution in [0.5, 0.6) is 0 Å². The predicted molar refractivity (Wildman–Crippen MR) is 181 cm³/mol. The Morgan fingerprint density at radius 1 is 0.617 bits per heavy atom. The molecule has 0 radical (unpaired) electrons.